The highest BCUT2D eigenvalue weighted by atomic mass is 16.4. The zero-order valence-corrected chi connectivity index (χ0v) is 13.0. The molecule has 1 amide bonds. The van der Waals surface area contributed by atoms with Crippen molar-refractivity contribution in [3.05, 3.63) is 71.3 Å². The molecule has 2 aromatic carbocycles. The molecule has 0 aliphatic heterocycles. The molecule has 0 aliphatic carbocycles. The van der Waals surface area contributed by atoms with Gasteiger partial charge < -0.3 is 10.4 Å². The molecule has 2 rings (SSSR count). The van der Waals surface area contributed by atoms with Gasteiger partial charge in [0.15, 0.2) is 0 Å². The van der Waals surface area contributed by atoms with Crippen molar-refractivity contribution in [2.75, 3.05) is 0 Å². The molecular weight excluding hydrogens is 278 g/mol. The van der Waals surface area contributed by atoms with E-state index in [1.807, 2.05) is 50.2 Å². The third kappa shape index (κ3) is 5.79. The highest BCUT2D eigenvalue weighted by Crippen LogP contribution is 2.11. The first-order valence-corrected chi connectivity index (χ1v) is 7.06. The average molecular weight is 299 g/mol. The van der Waals surface area contributed by atoms with Gasteiger partial charge in [0, 0.05) is 11.6 Å². The van der Waals surface area contributed by atoms with Crippen molar-refractivity contribution in [2.24, 2.45) is 0 Å². The second-order valence-corrected chi connectivity index (χ2v) is 5.12. The van der Waals surface area contributed by atoms with Crippen molar-refractivity contribution < 1.29 is 14.7 Å². The topological polar surface area (TPSA) is 66.4 Å². The quantitative estimate of drug-likeness (QED) is 0.911. The van der Waals surface area contributed by atoms with Crippen LogP contribution in [0.2, 0.25) is 0 Å². The normalized spacial score (nSPS) is 9.64. The van der Waals surface area contributed by atoms with Gasteiger partial charge in [0.1, 0.15) is 0 Å². The molecule has 0 radical (unpaired) electrons. The van der Waals surface area contributed by atoms with Crippen molar-refractivity contribution in [3.63, 3.8) is 0 Å². The first kappa shape index (κ1) is 17.4. The van der Waals surface area contributed by atoms with E-state index >= 15 is 0 Å². The number of nitrogens with one attached hydrogen (secondary N) is 1. The van der Waals surface area contributed by atoms with Crippen molar-refractivity contribution in [3.8, 4) is 0 Å². The van der Waals surface area contributed by atoms with Gasteiger partial charge in [-0.05, 0) is 38.5 Å². The van der Waals surface area contributed by atoms with Crippen LogP contribution < -0.4 is 5.32 Å². The van der Waals surface area contributed by atoms with E-state index in [1.54, 1.807) is 19.1 Å². The molecular formula is C18H21NO3. The summed E-state index contributed by atoms with van der Waals surface area (Å²) in [7, 11) is 0. The standard InChI is InChI=1S/C12H15NO3.C6H6/c1-7(2)13-11(14)9-5-4-8(3)10(6-9)12(15)16;1-2-4-6-5-3-1/h4-7H,1-3H3,(H,13,14)(H,15,16);1-6H. The molecule has 0 saturated heterocycles. The number of aryl methyl sites for hydroxylation is 1. The summed E-state index contributed by atoms with van der Waals surface area (Å²) >= 11 is 0. The van der Waals surface area contributed by atoms with Gasteiger partial charge in [0.25, 0.3) is 5.91 Å². The lowest BCUT2D eigenvalue weighted by Gasteiger charge is -2.09. The number of carboxylic acids is 1. The van der Waals surface area contributed by atoms with E-state index in [0.29, 0.717) is 11.1 Å². The fourth-order valence-corrected chi connectivity index (χ4v) is 1.72. The number of carbonyl (C=O) groups is 2. The highest BCUT2D eigenvalue weighted by Gasteiger charge is 2.12. The van der Waals surface area contributed by atoms with E-state index in [1.165, 1.54) is 6.07 Å². The highest BCUT2D eigenvalue weighted by molar-refractivity contribution is 5.98. The maximum atomic E-state index is 11.6. The lowest BCUT2D eigenvalue weighted by atomic mass is 10.0. The Morgan fingerprint density at radius 1 is 1.00 bits per heavy atom. The van der Waals surface area contributed by atoms with Gasteiger partial charge in [0.2, 0.25) is 0 Å². The van der Waals surface area contributed by atoms with Crippen LogP contribution in [0.5, 0.6) is 0 Å². The van der Waals surface area contributed by atoms with E-state index in [-0.39, 0.29) is 17.5 Å². The molecule has 2 aromatic rings. The number of hydrogen-bond donors (Lipinski definition) is 2. The number of rotatable bonds is 3. The minimum atomic E-state index is -1.02. The van der Waals surface area contributed by atoms with Crippen LogP contribution in [0.1, 0.15) is 40.1 Å². The number of carboxylic acid groups (broad SMARTS) is 1. The largest absolute Gasteiger partial charge is 0.478 e. The van der Waals surface area contributed by atoms with Crippen molar-refractivity contribution in [2.45, 2.75) is 26.8 Å². The lowest BCUT2D eigenvalue weighted by molar-refractivity contribution is 0.0696. The molecule has 0 fully saturated rings. The second kappa shape index (κ2) is 8.62. The number of aromatic carboxylic acids is 1. The third-order valence-electron chi connectivity index (χ3n) is 2.82. The molecule has 2 N–H and O–H groups in total. The molecule has 0 aromatic heterocycles. The Hall–Kier alpha value is -2.62. The fraction of sp³-hybridized carbons (Fsp3) is 0.222. The Labute approximate surface area is 130 Å². The molecule has 0 spiro atoms. The molecule has 116 valence electrons. The minimum Gasteiger partial charge on any atom is -0.478 e. The second-order valence-electron chi connectivity index (χ2n) is 5.12. The Balaban J connectivity index is 0.000000335. The number of carbonyl (C=O) groups excluding carboxylic acids is 1. The number of benzene rings is 2. The summed E-state index contributed by atoms with van der Waals surface area (Å²) in [6, 6.07) is 16.7. The van der Waals surface area contributed by atoms with Crippen LogP contribution in [0.15, 0.2) is 54.6 Å². The van der Waals surface area contributed by atoms with Gasteiger partial charge in [-0.2, -0.15) is 0 Å². The zero-order valence-electron chi connectivity index (χ0n) is 13.0. The van der Waals surface area contributed by atoms with Gasteiger partial charge in [0.05, 0.1) is 5.56 Å². The van der Waals surface area contributed by atoms with Crippen molar-refractivity contribution >= 4 is 11.9 Å². The number of hydrogen-bond acceptors (Lipinski definition) is 2. The van der Waals surface area contributed by atoms with Gasteiger partial charge >= 0.3 is 5.97 Å². The van der Waals surface area contributed by atoms with E-state index in [2.05, 4.69) is 5.32 Å². The van der Waals surface area contributed by atoms with Gasteiger partial charge in [-0.3, -0.25) is 4.79 Å². The third-order valence-corrected chi connectivity index (χ3v) is 2.82. The van der Waals surface area contributed by atoms with Crippen LogP contribution in [0, 0.1) is 6.92 Å². The van der Waals surface area contributed by atoms with Crippen LogP contribution in [0.25, 0.3) is 0 Å². The molecule has 4 nitrogen and oxygen atoms in total. The summed E-state index contributed by atoms with van der Waals surface area (Å²) in [6.07, 6.45) is 0. The first-order valence-electron chi connectivity index (χ1n) is 7.06. The number of amides is 1. The molecule has 0 unspecified atom stereocenters. The predicted molar refractivity (Wildman–Crippen MR) is 87.2 cm³/mol. The first-order chi connectivity index (χ1) is 10.4. The lowest BCUT2D eigenvalue weighted by Crippen LogP contribution is -2.30. The summed E-state index contributed by atoms with van der Waals surface area (Å²) in [4.78, 5) is 22.5. The zero-order chi connectivity index (χ0) is 16.5. The Morgan fingerprint density at radius 3 is 1.91 bits per heavy atom. The van der Waals surface area contributed by atoms with Gasteiger partial charge in [-0.1, -0.05) is 42.5 Å². The van der Waals surface area contributed by atoms with Crippen molar-refractivity contribution in [1.82, 2.24) is 5.32 Å². The van der Waals surface area contributed by atoms with Crippen LogP contribution >= 0.6 is 0 Å². The summed E-state index contributed by atoms with van der Waals surface area (Å²) in [6.45, 7) is 5.40. The smallest absolute Gasteiger partial charge is 0.335 e. The predicted octanol–water partition coefficient (Wildman–Crippen LogP) is 3.52. The fourth-order valence-electron chi connectivity index (χ4n) is 1.72. The van der Waals surface area contributed by atoms with Crippen LogP contribution in [-0.2, 0) is 0 Å². The van der Waals surface area contributed by atoms with E-state index in [4.69, 9.17) is 5.11 Å². The van der Waals surface area contributed by atoms with Gasteiger partial charge in [-0.25, -0.2) is 4.79 Å². The molecule has 0 atom stereocenters. The van der Waals surface area contributed by atoms with E-state index in [9.17, 15) is 9.59 Å². The maximum Gasteiger partial charge on any atom is 0.335 e. The van der Waals surface area contributed by atoms with E-state index in [0.717, 1.165) is 0 Å². The summed E-state index contributed by atoms with van der Waals surface area (Å²) in [5, 5.41) is 11.6. The molecule has 0 saturated carbocycles. The minimum absolute atomic E-state index is 0.0297. The van der Waals surface area contributed by atoms with Crippen LogP contribution in [0.4, 0.5) is 0 Å². The van der Waals surface area contributed by atoms with Gasteiger partial charge in [-0.15, -0.1) is 0 Å². The van der Waals surface area contributed by atoms with Crippen LogP contribution in [0.3, 0.4) is 0 Å². The maximum absolute atomic E-state index is 11.6. The van der Waals surface area contributed by atoms with Crippen molar-refractivity contribution in [1.29, 1.82) is 0 Å². The summed E-state index contributed by atoms with van der Waals surface area (Å²) in [5.74, 6) is -1.27. The molecule has 0 bridgehead atoms. The monoisotopic (exact) mass is 299 g/mol. The molecule has 0 heterocycles. The molecule has 4 heteroatoms. The Morgan fingerprint density at radius 2 is 1.50 bits per heavy atom. The summed E-state index contributed by atoms with van der Waals surface area (Å²) in [5.41, 5.74) is 1.18. The average Bonchev–Trinajstić information content (AvgIpc) is 2.49. The SMILES string of the molecule is Cc1ccc(C(=O)NC(C)C)cc1C(=O)O.c1ccccc1. The Bertz CT molecular complexity index is 595. The molecule has 22 heavy (non-hydrogen) atoms. The van der Waals surface area contributed by atoms with E-state index < -0.39 is 5.97 Å². The molecule has 0 aliphatic rings. The Kier molecular flexibility index (Phi) is 6.83. The van der Waals surface area contributed by atoms with Crippen LogP contribution in [-0.4, -0.2) is 23.0 Å². The summed E-state index contributed by atoms with van der Waals surface area (Å²) < 4.78 is 0.